The lowest BCUT2D eigenvalue weighted by Crippen LogP contribution is -2.44. The van der Waals surface area contributed by atoms with Crippen molar-refractivity contribution in [3.63, 3.8) is 0 Å². The molecule has 0 saturated heterocycles. The van der Waals surface area contributed by atoms with Crippen molar-refractivity contribution in [1.29, 1.82) is 0 Å². The van der Waals surface area contributed by atoms with E-state index in [1.54, 1.807) is 0 Å². The highest BCUT2D eigenvalue weighted by Crippen LogP contribution is 2.53. The Morgan fingerprint density at radius 1 is 0.952 bits per heavy atom. The number of hydrogen-bond acceptors (Lipinski definition) is 9. The molecule has 0 heterocycles. The van der Waals surface area contributed by atoms with Gasteiger partial charge in [0.25, 0.3) is 0 Å². The van der Waals surface area contributed by atoms with Crippen LogP contribution in [-0.4, -0.2) is 82.4 Å². The van der Waals surface area contributed by atoms with Gasteiger partial charge in [0.1, 0.15) is 24.9 Å². The van der Waals surface area contributed by atoms with Crippen LogP contribution in [0.2, 0.25) is 0 Å². The standard InChI is InChI=1S/C6H12O6.H4O7P2/c7-1-3(9)5(11)6(12)4(10)2-8;1-8(2,3)7-9(4,5)6/h3,5-9,11-12H,1-2H2;(H2,1,2,3)(H2,4,5,6)/t3-,5-,6-;/m1./s1. The third-order valence-corrected chi connectivity index (χ3v) is 3.31. The van der Waals surface area contributed by atoms with E-state index in [1.807, 2.05) is 0 Å². The first kappa shape index (κ1) is 23.0. The number of aliphatic hydroxyl groups is 5. The van der Waals surface area contributed by atoms with E-state index in [2.05, 4.69) is 4.31 Å². The van der Waals surface area contributed by atoms with Gasteiger partial charge in [0.2, 0.25) is 0 Å². The van der Waals surface area contributed by atoms with Gasteiger partial charge >= 0.3 is 15.6 Å². The first-order valence-corrected chi connectivity index (χ1v) is 7.92. The van der Waals surface area contributed by atoms with Crippen molar-refractivity contribution < 1.29 is 63.3 Å². The lowest BCUT2D eigenvalue weighted by Gasteiger charge is -2.19. The highest BCUT2D eigenvalue weighted by molar-refractivity contribution is 7.60. The number of phosphoric acid groups is 2. The Morgan fingerprint density at radius 2 is 1.33 bits per heavy atom. The summed E-state index contributed by atoms with van der Waals surface area (Å²) in [5, 5.41) is 43.1. The van der Waals surface area contributed by atoms with Crippen LogP contribution in [0.3, 0.4) is 0 Å². The number of ketones is 1. The topological polar surface area (TPSA) is 243 Å². The molecule has 0 saturated carbocycles. The largest absolute Gasteiger partial charge is 0.478 e. The normalized spacial score (nSPS) is 16.4. The lowest BCUT2D eigenvalue weighted by molar-refractivity contribution is -0.142. The Labute approximate surface area is 117 Å². The van der Waals surface area contributed by atoms with Crippen LogP contribution in [0.5, 0.6) is 0 Å². The molecule has 128 valence electrons. The van der Waals surface area contributed by atoms with Gasteiger partial charge in [-0.05, 0) is 0 Å². The maximum absolute atomic E-state index is 10.5. The summed E-state index contributed by atoms with van der Waals surface area (Å²) in [5.74, 6) is -1.00. The molecule has 0 amide bonds. The molecule has 0 aliphatic heterocycles. The number of hydrogen-bond donors (Lipinski definition) is 9. The van der Waals surface area contributed by atoms with E-state index in [9.17, 15) is 13.9 Å². The van der Waals surface area contributed by atoms with Crippen molar-refractivity contribution in [1.82, 2.24) is 0 Å². The highest BCUT2D eigenvalue weighted by Gasteiger charge is 2.29. The predicted molar refractivity (Wildman–Crippen MR) is 62.4 cm³/mol. The first-order valence-electron chi connectivity index (χ1n) is 4.86. The molecule has 13 nitrogen and oxygen atoms in total. The summed E-state index contributed by atoms with van der Waals surface area (Å²) >= 11 is 0. The third-order valence-electron chi connectivity index (χ3n) is 1.60. The van der Waals surface area contributed by atoms with Gasteiger partial charge in [0.05, 0.1) is 6.61 Å². The lowest BCUT2D eigenvalue weighted by atomic mass is 10.1. The molecule has 9 N–H and O–H groups in total. The molecule has 0 radical (unpaired) electrons. The molecule has 0 spiro atoms. The molecule has 0 unspecified atom stereocenters. The van der Waals surface area contributed by atoms with Gasteiger partial charge in [0, 0.05) is 0 Å². The molecule has 15 heteroatoms. The van der Waals surface area contributed by atoms with E-state index >= 15 is 0 Å². The van der Waals surface area contributed by atoms with Gasteiger partial charge in [-0.1, -0.05) is 0 Å². The molecule has 0 aromatic heterocycles. The SMILES string of the molecule is O=C(CO)[C@@H](O)[C@H](O)[C@H](O)CO.O=P(O)(O)OP(=O)(O)O. The Hall–Kier alpha value is -0.270. The van der Waals surface area contributed by atoms with Crippen LogP contribution in [0.15, 0.2) is 0 Å². The molecule has 0 aromatic carbocycles. The molecule has 0 rings (SSSR count). The van der Waals surface area contributed by atoms with E-state index in [1.165, 1.54) is 0 Å². The zero-order valence-electron chi connectivity index (χ0n) is 10.2. The van der Waals surface area contributed by atoms with E-state index < -0.39 is 53.0 Å². The van der Waals surface area contributed by atoms with Crippen LogP contribution >= 0.6 is 15.6 Å². The minimum atomic E-state index is -5.05. The number of aliphatic hydroxyl groups excluding tert-OH is 5. The van der Waals surface area contributed by atoms with E-state index in [0.717, 1.165) is 0 Å². The fourth-order valence-electron chi connectivity index (χ4n) is 0.741. The maximum atomic E-state index is 10.5. The Kier molecular flexibility index (Phi) is 10.6. The quantitative estimate of drug-likeness (QED) is 0.196. The average molecular weight is 358 g/mol. The van der Waals surface area contributed by atoms with Crippen molar-refractivity contribution in [2.75, 3.05) is 13.2 Å². The fourth-order valence-corrected chi connectivity index (χ4v) is 1.85. The molecule has 0 aliphatic carbocycles. The average Bonchev–Trinajstić information content (AvgIpc) is 2.31. The summed E-state index contributed by atoms with van der Waals surface area (Å²) in [6, 6.07) is 0. The van der Waals surface area contributed by atoms with Gasteiger partial charge in [-0.15, -0.1) is 0 Å². The number of Topliss-reactive ketones (excluding diaryl/α,β-unsaturated/α-hetero) is 1. The molecular formula is C6H16O13P2. The first-order chi connectivity index (χ1) is 9.25. The van der Waals surface area contributed by atoms with Gasteiger partial charge in [-0.3, -0.25) is 4.79 Å². The molecule has 0 fully saturated rings. The summed E-state index contributed by atoms with van der Waals surface area (Å²) in [6.07, 6.45) is -5.22. The van der Waals surface area contributed by atoms with Gasteiger partial charge < -0.3 is 45.1 Å². The summed E-state index contributed by atoms with van der Waals surface area (Å²) < 4.78 is 22.2. The van der Waals surface area contributed by atoms with Crippen molar-refractivity contribution in [2.45, 2.75) is 18.3 Å². The van der Waals surface area contributed by atoms with E-state index in [0.29, 0.717) is 0 Å². The van der Waals surface area contributed by atoms with Crippen molar-refractivity contribution in [2.24, 2.45) is 0 Å². The highest BCUT2D eigenvalue weighted by atomic mass is 31.3. The van der Waals surface area contributed by atoms with Gasteiger partial charge in [-0.2, -0.15) is 4.31 Å². The van der Waals surface area contributed by atoms with E-state index in [-0.39, 0.29) is 0 Å². The number of carbonyl (C=O) groups is 1. The second-order valence-corrected chi connectivity index (χ2v) is 5.99. The number of rotatable bonds is 7. The molecule has 3 atom stereocenters. The molecular weight excluding hydrogens is 342 g/mol. The summed E-state index contributed by atoms with van der Waals surface area (Å²) in [6.45, 7) is -1.69. The zero-order chi connectivity index (χ0) is 17.4. The zero-order valence-corrected chi connectivity index (χ0v) is 12.0. The summed E-state index contributed by atoms with van der Waals surface area (Å²) in [7, 11) is -10.1. The fraction of sp³-hybridized carbons (Fsp3) is 0.833. The monoisotopic (exact) mass is 358 g/mol. The molecule has 0 aliphatic rings. The van der Waals surface area contributed by atoms with Crippen LogP contribution in [0.1, 0.15) is 0 Å². The second-order valence-electron chi connectivity index (χ2n) is 3.37. The number of carbonyl (C=O) groups excluding carboxylic acids is 1. The van der Waals surface area contributed by atoms with Crippen molar-refractivity contribution >= 4 is 21.4 Å². The summed E-state index contributed by atoms with van der Waals surface area (Å²) in [5.41, 5.74) is 0. The molecule has 0 aromatic rings. The Morgan fingerprint density at radius 3 is 1.52 bits per heavy atom. The second kappa shape index (κ2) is 9.69. The maximum Gasteiger partial charge on any atom is 0.478 e. The Balaban J connectivity index is 0. The summed E-state index contributed by atoms with van der Waals surface area (Å²) in [4.78, 5) is 41.5. The van der Waals surface area contributed by atoms with Crippen molar-refractivity contribution in [3.8, 4) is 0 Å². The minimum Gasteiger partial charge on any atom is -0.394 e. The van der Waals surface area contributed by atoms with Crippen LogP contribution in [0, 0.1) is 0 Å². The Bertz CT molecular complexity index is 377. The van der Waals surface area contributed by atoms with Crippen LogP contribution < -0.4 is 0 Å². The smallest absolute Gasteiger partial charge is 0.394 e. The third kappa shape index (κ3) is 13.1. The van der Waals surface area contributed by atoms with Crippen LogP contribution in [0.25, 0.3) is 0 Å². The molecule has 21 heavy (non-hydrogen) atoms. The van der Waals surface area contributed by atoms with Crippen LogP contribution in [-0.2, 0) is 18.2 Å². The van der Waals surface area contributed by atoms with Gasteiger partial charge in [-0.25, -0.2) is 9.13 Å². The predicted octanol–water partition coefficient (Wildman–Crippen LogP) is -4.19. The van der Waals surface area contributed by atoms with Gasteiger partial charge in [0.15, 0.2) is 5.78 Å². The van der Waals surface area contributed by atoms with Crippen LogP contribution in [0.4, 0.5) is 0 Å². The minimum absolute atomic E-state index is 0.767. The molecule has 0 bridgehead atoms. The van der Waals surface area contributed by atoms with E-state index in [4.69, 9.17) is 45.1 Å². The van der Waals surface area contributed by atoms with Crippen molar-refractivity contribution in [3.05, 3.63) is 0 Å².